The maximum Gasteiger partial charge on any atom is 0.339 e. The van der Waals surface area contributed by atoms with Gasteiger partial charge in [0.1, 0.15) is 5.82 Å². The number of carbonyl (C=O) groups excluding carboxylic acids is 2. The fourth-order valence-electron chi connectivity index (χ4n) is 1.39. The number of ether oxygens (including phenoxy) is 1. The van der Waals surface area contributed by atoms with E-state index in [2.05, 4.69) is 10.1 Å². The molecule has 104 valence electrons. The normalized spacial score (nSPS) is 13.5. The molecule has 1 aromatic carbocycles. The van der Waals surface area contributed by atoms with Gasteiger partial charge in [0, 0.05) is 6.04 Å². The van der Waals surface area contributed by atoms with Crippen LogP contribution in [-0.2, 0) is 9.53 Å². The van der Waals surface area contributed by atoms with Crippen molar-refractivity contribution in [2.45, 2.75) is 19.9 Å². The number of hydrogen-bond donors (Lipinski definition) is 2. The van der Waals surface area contributed by atoms with Gasteiger partial charge in [-0.2, -0.15) is 0 Å². The standard InChI is InChI=1S/C13H17FN2O3/c1-7(8(2)15)12(17)16-11-6-9(14)4-5-10(11)13(18)19-3/h4-8H,15H2,1-3H3,(H,16,17). The van der Waals surface area contributed by atoms with E-state index in [1.54, 1.807) is 13.8 Å². The van der Waals surface area contributed by atoms with E-state index < -0.39 is 17.7 Å². The lowest BCUT2D eigenvalue weighted by atomic mass is 10.0. The Labute approximate surface area is 110 Å². The number of anilines is 1. The number of nitrogens with one attached hydrogen (secondary N) is 1. The Bertz CT molecular complexity index is 489. The van der Waals surface area contributed by atoms with Gasteiger partial charge in [0.2, 0.25) is 5.91 Å². The minimum atomic E-state index is -0.649. The monoisotopic (exact) mass is 268 g/mol. The molecule has 2 atom stereocenters. The van der Waals surface area contributed by atoms with Gasteiger partial charge < -0.3 is 15.8 Å². The van der Waals surface area contributed by atoms with Crippen LogP contribution in [0.2, 0.25) is 0 Å². The summed E-state index contributed by atoms with van der Waals surface area (Å²) in [5.74, 6) is -2.06. The van der Waals surface area contributed by atoms with Crippen LogP contribution in [0.1, 0.15) is 24.2 Å². The first-order valence-corrected chi connectivity index (χ1v) is 5.81. The second-order valence-electron chi connectivity index (χ2n) is 4.32. The summed E-state index contributed by atoms with van der Waals surface area (Å²) in [4.78, 5) is 23.4. The summed E-state index contributed by atoms with van der Waals surface area (Å²) >= 11 is 0. The van der Waals surface area contributed by atoms with Crippen molar-refractivity contribution in [3.05, 3.63) is 29.6 Å². The number of methoxy groups -OCH3 is 1. The van der Waals surface area contributed by atoms with Crippen molar-refractivity contribution in [2.75, 3.05) is 12.4 Å². The number of carbonyl (C=O) groups is 2. The van der Waals surface area contributed by atoms with Crippen LogP contribution >= 0.6 is 0 Å². The van der Waals surface area contributed by atoms with Crippen molar-refractivity contribution in [3.63, 3.8) is 0 Å². The first kappa shape index (κ1) is 15.1. The number of esters is 1. The van der Waals surface area contributed by atoms with E-state index in [-0.39, 0.29) is 23.2 Å². The Balaban J connectivity index is 3.02. The van der Waals surface area contributed by atoms with Gasteiger partial charge in [-0.05, 0) is 25.1 Å². The smallest absolute Gasteiger partial charge is 0.339 e. The first-order chi connectivity index (χ1) is 8.86. The molecule has 1 amide bonds. The SMILES string of the molecule is COC(=O)c1ccc(F)cc1NC(=O)C(C)C(C)N. The van der Waals surface area contributed by atoms with Gasteiger partial charge in [0.05, 0.1) is 24.3 Å². The molecular formula is C13H17FN2O3. The molecule has 19 heavy (non-hydrogen) atoms. The molecule has 0 radical (unpaired) electrons. The molecule has 0 spiro atoms. The number of nitrogens with two attached hydrogens (primary N) is 1. The topological polar surface area (TPSA) is 81.4 Å². The van der Waals surface area contributed by atoms with Crippen LogP contribution in [0.5, 0.6) is 0 Å². The molecule has 0 aliphatic heterocycles. The van der Waals surface area contributed by atoms with Crippen molar-refractivity contribution < 1.29 is 18.7 Å². The van der Waals surface area contributed by atoms with Gasteiger partial charge in [-0.15, -0.1) is 0 Å². The van der Waals surface area contributed by atoms with Gasteiger partial charge in [-0.3, -0.25) is 4.79 Å². The highest BCUT2D eigenvalue weighted by Gasteiger charge is 2.20. The molecule has 0 saturated carbocycles. The summed E-state index contributed by atoms with van der Waals surface area (Å²) in [5, 5.41) is 2.49. The molecule has 2 unspecified atom stereocenters. The predicted octanol–water partition coefficient (Wildman–Crippen LogP) is 1.53. The largest absolute Gasteiger partial charge is 0.465 e. The van der Waals surface area contributed by atoms with Gasteiger partial charge in [0.25, 0.3) is 0 Å². The molecule has 0 aliphatic carbocycles. The molecule has 0 bridgehead atoms. The average Bonchev–Trinajstić information content (AvgIpc) is 2.36. The first-order valence-electron chi connectivity index (χ1n) is 5.81. The van der Waals surface area contributed by atoms with Crippen molar-refractivity contribution >= 4 is 17.6 Å². The van der Waals surface area contributed by atoms with Crippen molar-refractivity contribution in [1.29, 1.82) is 0 Å². The van der Waals surface area contributed by atoms with Crippen LogP contribution in [-0.4, -0.2) is 25.0 Å². The summed E-state index contributed by atoms with van der Waals surface area (Å²) in [6.07, 6.45) is 0. The van der Waals surface area contributed by atoms with Crippen LogP contribution in [0.4, 0.5) is 10.1 Å². The van der Waals surface area contributed by atoms with Crippen molar-refractivity contribution in [2.24, 2.45) is 11.7 Å². The Morgan fingerprint density at radius 3 is 2.53 bits per heavy atom. The third-order valence-corrected chi connectivity index (χ3v) is 2.85. The van der Waals surface area contributed by atoms with E-state index in [1.165, 1.54) is 13.2 Å². The summed E-state index contributed by atoms with van der Waals surface area (Å²) in [7, 11) is 1.21. The number of amides is 1. The maximum absolute atomic E-state index is 13.2. The predicted molar refractivity (Wildman–Crippen MR) is 69.2 cm³/mol. The third kappa shape index (κ3) is 3.75. The molecular weight excluding hydrogens is 251 g/mol. The summed E-state index contributed by atoms with van der Waals surface area (Å²) in [6, 6.07) is 3.09. The lowest BCUT2D eigenvalue weighted by Gasteiger charge is -2.16. The van der Waals surface area contributed by atoms with Crippen molar-refractivity contribution in [3.8, 4) is 0 Å². The highest BCUT2D eigenvalue weighted by Crippen LogP contribution is 2.19. The average molecular weight is 268 g/mol. The molecule has 0 fully saturated rings. The second-order valence-corrected chi connectivity index (χ2v) is 4.32. The minimum absolute atomic E-state index is 0.0735. The van der Waals surface area contributed by atoms with Gasteiger partial charge in [-0.25, -0.2) is 9.18 Å². The van der Waals surface area contributed by atoms with E-state index in [1.807, 2.05) is 0 Å². The molecule has 1 aromatic rings. The fraction of sp³-hybridized carbons (Fsp3) is 0.385. The maximum atomic E-state index is 13.2. The number of benzene rings is 1. The van der Waals surface area contributed by atoms with Crippen LogP contribution in [0.25, 0.3) is 0 Å². The van der Waals surface area contributed by atoms with Crippen LogP contribution in [0.15, 0.2) is 18.2 Å². The third-order valence-electron chi connectivity index (χ3n) is 2.85. The number of rotatable bonds is 4. The molecule has 0 saturated heterocycles. The van der Waals surface area contributed by atoms with E-state index in [0.29, 0.717) is 0 Å². The van der Waals surface area contributed by atoms with Gasteiger partial charge >= 0.3 is 5.97 Å². The Kier molecular flexibility index (Phi) is 5.00. The van der Waals surface area contributed by atoms with Gasteiger partial charge in [0.15, 0.2) is 0 Å². The number of halogens is 1. The highest BCUT2D eigenvalue weighted by molar-refractivity contribution is 6.01. The lowest BCUT2D eigenvalue weighted by Crippen LogP contribution is -2.34. The van der Waals surface area contributed by atoms with E-state index in [4.69, 9.17) is 5.73 Å². The number of hydrogen-bond acceptors (Lipinski definition) is 4. The van der Waals surface area contributed by atoms with E-state index in [9.17, 15) is 14.0 Å². The minimum Gasteiger partial charge on any atom is -0.465 e. The molecule has 1 rings (SSSR count). The molecule has 5 nitrogen and oxygen atoms in total. The van der Waals surface area contributed by atoms with E-state index >= 15 is 0 Å². The molecule has 0 aromatic heterocycles. The quantitative estimate of drug-likeness (QED) is 0.811. The van der Waals surface area contributed by atoms with Crippen LogP contribution < -0.4 is 11.1 Å². The van der Waals surface area contributed by atoms with Gasteiger partial charge in [-0.1, -0.05) is 6.92 Å². The molecule has 0 heterocycles. The Morgan fingerprint density at radius 1 is 1.37 bits per heavy atom. The summed E-state index contributed by atoms with van der Waals surface area (Å²) < 4.78 is 17.8. The summed E-state index contributed by atoms with van der Waals surface area (Å²) in [5.41, 5.74) is 5.78. The summed E-state index contributed by atoms with van der Waals surface area (Å²) in [6.45, 7) is 3.34. The van der Waals surface area contributed by atoms with Crippen LogP contribution in [0.3, 0.4) is 0 Å². The fourth-order valence-corrected chi connectivity index (χ4v) is 1.39. The van der Waals surface area contributed by atoms with E-state index in [0.717, 1.165) is 12.1 Å². The zero-order valence-corrected chi connectivity index (χ0v) is 11.1. The molecule has 0 aliphatic rings. The zero-order chi connectivity index (χ0) is 14.6. The molecule has 6 heteroatoms. The van der Waals surface area contributed by atoms with Crippen molar-refractivity contribution in [1.82, 2.24) is 0 Å². The lowest BCUT2D eigenvalue weighted by molar-refractivity contribution is -0.119. The zero-order valence-electron chi connectivity index (χ0n) is 11.1. The Morgan fingerprint density at radius 2 is 2.00 bits per heavy atom. The Hall–Kier alpha value is -1.95. The second kappa shape index (κ2) is 6.29. The molecule has 3 N–H and O–H groups in total. The highest BCUT2D eigenvalue weighted by atomic mass is 19.1. The van der Waals surface area contributed by atoms with Crippen LogP contribution in [0, 0.1) is 11.7 Å².